The standard InChI is InChI=1S/C19H22O3/c1-3-5-9-16-14-17(12-13-18(16)21-4-2)22-19(20)15-10-7-6-8-11-15/h6-8,10-14H,3-5,9H2,1-2H3. The summed E-state index contributed by atoms with van der Waals surface area (Å²) in [4.78, 5) is 12.1. The van der Waals surface area contributed by atoms with Crippen molar-refractivity contribution >= 4 is 5.97 Å². The van der Waals surface area contributed by atoms with E-state index in [1.807, 2.05) is 37.3 Å². The van der Waals surface area contributed by atoms with Crippen LogP contribution in [0.15, 0.2) is 48.5 Å². The molecule has 0 aliphatic heterocycles. The van der Waals surface area contributed by atoms with Crippen molar-refractivity contribution in [1.82, 2.24) is 0 Å². The average molecular weight is 298 g/mol. The normalized spacial score (nSPS) is 10.3. The molecule has 0 aliphatic rings. The number of unbranched alkanes of at least 4 members (excludes halogenated alkanes) is 1. The van der Waals surface area contributed by atoms with Gasteiger partial charge in [-0.15, -0.1) is 0 Å². The highest BCUT2D eigenvalue weighted by molar-refractivity contribution is 5.91. The Kier molecular flexibility index (Phi) is 6.01. The number of aryl methyl sites for hydroxylation is 1. The van der Waals surface area contributed by atoms with Crippen molar-refractivity contribution in [1.29, 1.82) is 0 Å². The predicted octanol–water partition coefficient (Wildman–Crippen LogP) is 4.65. The van der Waals surface area contributed by atoms with Crippen molar-refractivity contribution in [2.45, 2.75) is 33.1 Å². The van der Waals surface area contributed by atoms with Crippen molar-refractivity contribution in [2.24, 2.45) is 0 Å². The van der Waals surface area contributed by atoms with Crippen molar-refractivity contribution in [3.05, 3.63) is 59.7 Å². The molecule has 0 unspecified atom stereocenters. The van der Waals surface area contributed by atoms with E-state index < -0.39 is 0 Å². The molecule has 0 aromatic heterocycles. The van der Waals surface area contributed by atoms with Crippen LogP contribution in [0.5, 0.6) is 11.5 Å². The van der Waals surface area contributed by atoms with Gasteiger partial charge >= 0.3 is 5.97 Å². The molecule has 3 heteroatoms. The Labute approximate surface area is 131 Å². The molecule has 0 aliphatic carbocycles. The van der Waals surface area contributed by atoms with Gasteiger partial charge in [0.05, 0.1) is 12.2 Å². The highest BCUT2D eigenvalue weighted by atomic mass is 16.5. The van der Waals surface area contributed by atoms with E-state index in [2.05, 4.69) is 6.92 Å². The molecular formula is C19H22O3. The lowest BCUT2D eigenvalue weighted by Gasteiger charge is -2.12. The summed E-state index contributed by atoms with van der Waals surface area (Å²) >= 11 is 0. The minimum absolute atomic E-state index is 0.341. The van der Waals surface area contributed by atoms with Gasteiger partial charge in [0.2, 0.25) is 0 Å². The molecule has 0 atom stereocenters. The molecule has 3 nitrogen and oxygen atoms in total. The monoisotopic (exact) mass is 298 g/mol. The van der Waals surface area contributed by atoms with Crippen LogP contribution in [0.4, 0.5) is 0 Å². The van der Waals surface area contributed by atoms with Gasteiger partial charge < -0.3 is 9.47 Å². The third kappa shape index (κ3) is 4.35. The quantitative estimate of drug-likeness (QED) is 0.551. The van der Waals surface area contributed by atoms with Crippen LogP contribution < -0.4 is 9.47 Å². The molecule has 0 heterocycles. The molecule has 0 spiro atoms. The number of carbonyl (C=O) groups excluding carboxylic acids is 1. The lowest BCUT2D eigenvalue weighted by molar-refractivity contribution is 0.0734. The van der Waals surface area contributed by atoms with Gasteiger partial charge in [-0.25, -0.2) is 4.79 Å². The molecule has 0 bridgehead atoms. The maximum atomic E-state index is 12.1. The van der Waals surface area contributed by atoms with Crippen LogP contribution in [-0.2, 0) is 6.42 Å². The third-order valence-electron chi connectivity index (χ3n) is 3.35. The van der Waals surface area contributed by atoms with Crippen LogP contribution in [0, 0.1) is 0 Å². The Bertz CT molecular complexity index is 605. The lowest BCUT2D eigenvalue weighted by atomic mass is 10.1. The first-order chi connectivity index (χ1) is 10.7. The van der Waals surface area contributed by atoms with Gasteiger partial charge in [0.25, 0.3) is 0 Å². The fourth-order valence-electron chi connectivity index (χ4n) is 2.22. The molecule has 116 valence electrons. The van der Waals surface area contributed by atoms with E-state index in [4.69, 9.17) is 9.47 Å². The molecule has 0 radical (unpaired) electrons. The number of carbonyl (C=O) groups is 1. The Balaban J connectivity index is 2.15. The van der Waals surface area contributed by atoms with Crippen molar-refractivity contribution < 1.29 is 14.3 Å². The van der Waals surface area contributed by atoms with Crippen LogP contribution in [0.1, 0.15) is 42.6 Å². The first kappa shape index (κ1) is 16.1. The van der Waals surface area contributed by atoms with Crippen molar-refractivity contribution in [3.63, 3.8) is 0 Å². The first-order valence-corrected chi connectivity index (χ1v) is 7.77. The summed E-state index contributed by atoms with van der Waals surface area (Å²) in [6.07, 6.45) is 3.11. The van der Waals surface area contributed by atoms with Crippen LogP contribution in [0.3, 0.4) is 0 Å². The molecule has 2 aromatic rings. The number of hydrogen-bond acceptors (Lipinski definition) is 3. The zero-order valence-electron chi connectivity index (χ0n) is 13.2. The highest BCUT2D eigenvalue weighted by Crippen LogP contribution is 2.26. The van der Waals surface area contributed by atoms with E-state index in [0.717, 1.165) is 30.6 Å². The second-order valence-electron chi connectivity index (χ2n) is 5.06. The fraction of sp³-hybridized carbons (Fsp3) is 0.316. The summed E-state index contributed by atoms with van der Waals surface area (Å²) in [5.41, 5.74) is 1.63. The van der Waals surface area contributed by atoms with Gasteiger partial charge in [0, 0.05) is 0 Å². The summed E-state index contributed by atoms with van der Waals surface area (Å²) in [7, 11) is 0. The minimum Gasteiger partial charge on any atom is -0.494 e. The number of hydrogen-bond donors (Lipinski definition) is 0. The molecule has 2 aromatic carbocycles. The van der Waals surface area contributed by atoms with Crippen LogP contribution in [-0.4, -0.2) is 12.6 Å². The Morgan fingerprint density at radius 1 is 1.05 bits per heavy atom. The van der Waals surface area contributed by atoms with E-state index in [0.29, 0.717) is 17.9 Å². The van der Waals surface area contributed by atoms with E-state index in [-0.39, 0.29) is 5.97 Å². The van der Waals surface area contributed by atoms with Gasteiger partial charge in [-0.05, 0) is 55.7 Å². The van der Waals surface area contributed by atoms with Gasteiger partial charge in [0.15, 0.2) is 0 Å². The maximum absolute atomic E-state index is 12.1. The number of ether oxygens (including phenoxy) is 2. The lowest BCUT2D eigenvalue weighted by Crippen LogP contribution is -2.08. The number of esters is 1. The SMILES string of the molecule is CCCCc1cc(OC(=O)c2ccccc2)ccc1OCC. The predicted molar refractivity (Wildman–Crippen MR) is 87.6 cm³/mol. The minimum atomic E-state index is -0.341. The zero-order valence-corrected chi connectivity index (χ0v) is 13.2. The summed E-state index contributed by atoms with van der Waals surface area (Å²) in [6, 6.07) is 14.6. The largest absolute Gasteiger partial charge is 0.494 e. The molecule has 0 N–H and O–H groups in total. The molecule has 0 fully saturated rings. The molecule has 0 saturated carbocycles. The van der Waals surface area contributed by atoms with E-state index in [1.54, 1.807) is 18.2 Å². The second kappa shape index (κ2) is 8.23. The molecule has 22 heavy (non-hydrogen) atoms. The molecular weight excluding hydrogens is 276 g/mol. The van der Waals surface area contributed by atoms with Gasteiger partial charge in [-0.3, -0.25) is 0 Å². The van der Waals surface area contributed by atoms with E-state index in [1.165, 1.54) is 0 Å². The number of rotatable bonds is 7. The van der Waals surface area contributed by atoms with Crippen LogP contribution >= 0.6 is 0 Å². The van der Waals surface area contributed by atoms with Gasteiger partial charge in [-0.2, -0.15) is 0 Å². The summed E-state index contributed by atoms with van der Waals surface area (Å²) < 4.78 is 11.1. The van der Waals surface area contributed by atoms with Crippen LogP contribution in [0.2, 0.25) is 0 Å². The average Bonchev–Trinajstić information content (AvgIpc) is 2.55. The third-order valence-corrected chi connectivity index (χ3v) is 3.35. The van der Waals surface area contributed by atoms with Crippen molar-refractivity contribution in [2.75, 3.05) is 6.61 Å². The smallest absolute Gasteiger partial charge is 0.343 e. The van der Waals surface area contributed by atoms with Crippen LogP contribution in [0.25, 0.3) is 0 Å². The van der Waals surface area contributed by atoms with Crippen molar-refractivity contribution in [3.8, 4) is 11.5 Å². The first-order valence-electron chi connectivity index (χ1n) is 7.77. The van der Waals surface area contributed by atoms with Gasteiger partial charge in [-0.1, -0.05) is 31.5 Å². The highest BCUT2D eigenvalue weighted by Gasteiger charge is 2.10. The summed E-state index contributed by atoms with van der Waals surface area (Å²) in [5, 5.41) is 0. The topological polar surface area (TPSA) is 35.5 Å². The summed E-state index contributed by atoms with van der Waals surface area (Å²) in [5.74, 6) is 1.09. The van der Waals surface area contributed by atoms with E-state index in [9.17, 15) is 4.79 Å². The molecule has 0 amide bonds. The Morgan fingerprint density at radius 2 is 1.82 bits per heavy atom. The Morgan fingerprint density at radius 3 is 2.50 bits per heavy atom. The van der Waals surface area contributed by atoms with Gasteiger partial charge in [0.1, 0.15) is 11.5 Å². The maximum Gasteiger partial charge on any atom is 0.343 e. The van der Waals surface area contributed by atoms with E-state index >= 15 is 0 Å². The second-order valence-corrected chi connectivity index (χ2v) is 5.06. The number of benzene rings is 2. The fourth-order valence-corrected chi connectivity index (χ4v) is 2.22. The zero-order chi connectivity index (χ0) is 15.8. The summed E-state index contributed by atoms with van der Waals surface area (Å²) in [6.45, 7) is 4.74. The molecule has 0 saturated heterocycles. The Hall–Kier alpha value is -2.29. The molecule has 2 rings (SSSR count).